The summed E-state index contributed by atoms with van der Waals surface area (Å²) in [7, 11) is 3.11. The summed E-state index contributed by atoms with van der Waals surface area (Å²) in [5.74, 6) is -0.739. The number of carbonyl (C=O) groups is 2. The van der Waals surface area contributed by atoms with Gasteiger partial charge in [0.1, 0.15) is 0 Å². The zero-order chi connectivity index (χ0) is 20.0. The van der Waals surface area contributed by atoms with Crippen LogP contribution < -0.4 is 15.4 Å². The lowest BCUT2D eigenvalue weighted by atomic mass is 10.1. The van der Waals surface area contributed by atoms with E-state index in [1.165, 1.54) is 19.2 Å². The summed E-state index contributed by atoms with van der Waals surface area (Å²) in [5, 5.41) is 4.95. The lowest BCUT2D eigenvalue weighted by Crippen LogP contribution is -2.40. The molecule has 0 saturated carbocycles. The Morgan fingerprint density at radius 1 is 1.15 bits per heavy atom. The monoisotopic (exact) mass is 373 g/mol. The van der Waals surface area contributed by atoms with E-state index in [1.54, 1.807) is 24.1 Å². The van der Waals surface area contributed by atoms with Crippen LogP contribution in [-0.4, -0.2) is 37.5 Å². The van der Waals surface area contributed by atoms with Crippen LogP contribution in [0, 0.1) is 19.7 Å². The molecule has 0 fully saturated rings. The van der Waals surface area contributed by atoms with Gasteiger partial charge in [-0.15, -0.1) is 0 Å². The van der Waals surface area contributed by atoms with E-state index in [2.05, 4.69) is 10.6 Å². The molecule has 0 bridgehead atoms. The molecule has 27 heavy (non-hydrogen) atoms. The molecular weight excluding hydrogens is 349 g/mol. The molecule has 0 saturated heterocycles. The second-order valence-corrected chi connectivity index (χ2v) is 6.46. The number of nitrogens with one attached hydrogen (secondary N) is 2. The van der Waals surface area contributed by atoms with Gasteiger partial charge in [0, 0.05) is 12.2 Å². The maximum atomic E-state index is 13.7. The molecule has 2 N–H and O–H groups in total. The molecule has 0 heterocycles. The van der Waals surface area contributed by atoms with Crippen molar-refractivity contribution < 1.29 is 18.7 Å². The molecule has 0 spiro atoms. The molecule has 2 aromatic carbocycles. The van der Waals surface area contributed by atoms with Crippen molar-refractivity contribution in [1.82, 2.24) is 10.2 Å². The Morgan fingerprint density at radius 2 is 1.89 bits per heavy atom. The fraction of sp³-hybridized carbons (Fsp3) is 0.300. The van der Waals surface area contributed by atoms with Crippen molar-refractivity contribution >= 4 is 17.6 Å². The zero-order valence-electron chi connectivity index (χ0n) is 15.9. The van der Waals surface area contributed by atoms with Crippen LogP contribution in [0.1, 0.15) is 16.7 Å². The number of likely N-dealkylation sites (N-methyl/N-ethyl adjacent to an activating group) is 1. The summed E-state index contributed by atoms with van der Waals surface area (Å²) < 4.78 is 18.6. The summed E-state index contributed by atoms with van der Waals surface area (Å²) in [6.45, 7) is 4.19. The molecule has 2 rings (SSSR count). The standard InChI is InChI=1S/C20H24FN3O3/c1-13-5-7-17(14(2)9-13)22-20(26)23-19(25)12-24(3)11-15-6-8-18(27-4)16(21)10-15/h5-10H,11-12H2,1-4H3,(H2,22,23,25,26). The Bertz CT molecular complexity index is 839. The molecule has 3 amide bonds. The second kappa shape index (κ2) is 9.14. The number of aryl methyl sites for hydroxylation is 2. The number of methoxy groups -OCH3 is 1. The third-order valence-electron chi connectivity index (χ3n) is 3.97. The fourth-order valence-electron chi connectivity index (χ4n) is 2.69. The Kier molecular flexibility index (Phi) is 6.90. The highest BCUT2D eigenvalue weighted by molar-refractivity contribution is 6.02. The second-order valence-electron chi connectivity index (χ2n) is 6.46. The number of amides is 3. The minimum atomic E-state index is -0.587. The minimum absolute atomic E-state index is 0.00600. The number of imide groups is 1. The number of rotatable bonds is 6. The van der Waals surface area contributed by atoms with E-state index in [9.17, 15) is 14.0 Å². The van der Waals surface area contributed by atoms with E-state index in [-0.39, 0.29) is 12.3 Å². The van der Waals surface area contributed by atoms with Gasteiger partial charge in [0.2, 0.25) is 5.91 Å². The molecule has 144 valence electrons. The first-order chi connectivity index (χ1) is 12.8. The average Bonchev–Trinajstić information content (AvgIpc) is 2.57. The number of anilines is 1. The van der Waals surface area contributed by atoms with Gasteiger partial charge in [0.05, 0.1) is 13.7 Å². The van der Waals surface area contributed by atoms with Gasteiger partial charge in [-0.1, -0.05) is 23.8 Å². The third kappa shape index (κ3) is 6.07. The van der Waals surface area contributed by atoms with E-state index in [4.69, 9.17) is 4.74 Å². The van der Waals surface area contributed by atoms with Crippen LogP contribution in [-0.2, 0) is 11.3 Å². The van der Waals surface area contributed by atoms with Gasteiger partial charge in [-0.25, -0.2) is 9.18 Å². The zero-order valence-corrected chi connectivity index (χ0v) is 15.9. The number of hydrogen-bond donors (Lipinski definition) is 2. The fourth-order valence-corrected chi connectivity index (χ4v) is 2.69. The van der Waals surface area contributed by atoms with Gasteiger partial charge in [0.25, 0.3) is 0 Å². The maximum absolute atomic E-state index is 13.7. The average molecular weight is 373 g/mol. The molecule has 0 aliphatic carbocycles. The van der Waals surface area contributed by atoms with Gasteiger partial charge in [-0.3, -0.25) is 15.0 Å². The molecule has 0 unspecified atom stereocenters. The van der Waals surface area contributed by atoms with E-state index >= 15 is 0 Å². The molecule has 0 atom stereocenters. The van der Waals surface area contributed by atoms with Crippen molar-refractivity contribution in [1.29, 1.82) is 0 Å². The number of ether oxygens (including phenoxy) is 1. The number of carbonyl (C=O) groups excluding carboxylic acids is 2. The van der Waals surface area contributed by atoms with Gasteiger partial charge >= 0.3 is 6.03 Å². The van der Waals surface area contributed by atoms with Crippen molar-refractivity contribution in [2.24, 2.45) is 0 Å². The van der Waals surface area contributed by atoms with Gasteiger partial charge in [0.15, 0.2) is 11.6 Å². The summed E-state index contributed by atoms with van der Waals surface area (Å²) in [6.07, 6.45) is 0. The first kappa shape index (κ1) is 20.4. The van der Waals surface area contributed by atoms with Crippen LogP contribution in [0.25, 0.3) is 0 Å². The number of halogens is 1. The van der Waals surface area contributed by atoms with Crippen molar-refractivity contribution in [3.8, 4) is 5.75 Å². The highest BCUT2D eigenvalue weighted by atomic mass is 19.1. The highest BCUT2D eigenvalue weighted by Gasteiger charge is 2.13. The van der Waals surface area contributed by atoms with Crippen LogP contribution in [0.5, 0.6) is 5.75 Å². The lowest BCUT2D eigenvalue weighted by Gasteiger charge is -2.17. The van der Waals surface area contributed by atoms with Crippen LogP contribution >= 0.6 is 0 Å². The Labute approximate surface area is 158 Å². The summed E-state index contributed by atoms with van der Waals surface area (Å²) in [4.78, 5) is 25.7. The van der Waals surface area contributed by atoms with Gasteiger partial charge in [-0.05, 0) is 50.2 Å². The molecule has 0 radical (unpaired) electrons. The molecule has 7 heteroatoms. The quantitative estimate of drug-likeness (QED) is 0.816. The summed E-state index contributed by atoms with van der Waals surface area (Å²) in [6, 6.07) is 9.65. The Balaban J connectivity index is 1.85. The predicted molar refractivity (Wildman–Crippen MR) is 102 cm³/mol. The predicted octanol–water partition coefficient (Wildman–Crippen LogP) is 3.23. The van der Waals surface area contributed by atoms with E-state index in [1.807, 2.05) is 26.0 Å². The van der Waals surface area contributed by atoms with Crippen LogP contribution in [0.2, 0.25) is 0 Å². The van der Waals surface area contributed by atoms with E-state index < -0.39 is 17.8 Å². The summed E-state index contributed by atoms with van der Waals surface area (Å²) >= 11 is 0. The highest BCUT2D eigenvalue weighted by Crippen LogP contribution is 2.18. The van der Waals surface area contributed by atoms with Crippen molar-refractivity contribution in [2.75, 3.05) is 26.0 Å². The van der Waals surface area contributed by atoms with Crippen molar-refractivity contribution in [3.63, 3.8) is 0 Å². The SMILES string of the molecule is COc1ccc(CN(C)CC(=O)NC(=O)Nc2ccc(C)cc2C)cc1F. The number of urea groups is 1. The Hall–Kier alpha value is -2.93. The lowest BCUT2D eigenvalue weighted by molar-refractivity contribution is -0.120. The molecular formula is C20H24FN3O3. The molecule has 0 aromatic heterocycles. The van der Waals surface area contributed by atoms with E-state index in [0.29, 0.717) is 17.8 Å². The molecule has 2 aromatic rings. The van der Waals surface area contributed by atoms with E-state index in [0.717, 1.165) is 11.1 Å². The first-order valence-corrected chi connectivity index (χ1v) is 8.47. The number of benzene rings is 2. The topological polar surface area (TPSA) is 70.7 Å². The third-order valence-corrected chi connectivity index (χ3v) is 3.97. The van der Waals surface area contributed by atoms with Crippen LogP contribution in [0.15, 0.2) is 36.4 Å². The minimum Gasteiger partial charge on any atom is -0.494 e. The molecule has 6 nitrogen and oxygen atoms in total. The van der Waals surface area contributed by atoms with Crippen LogP contribution in [0.4, 0.5) is 14.9 Å². The van der Waals surface area contributed by atoms with Crippen LogP contribution in [0.3, 0.4) is 0 Å². The Morgan fingerprint density at radius 3 is 2.52 bits per heavy atom. The molecule has 0 aliphatic heterocycles. The number of nitrogens with zero attached hydrogens (tertiary/aromatic N) is 1. The largest absolute Gasteiger partial charge is 0.494 e. The van der Waals surface area contributed by atoms with Crippen molar-refractivity contribution in [2.45, 2.75) is 20.4 Å². The van der Waals surface area contributed by atoms with Gasteiger partial charge < -0.3 is 10.1 Å². The first-order valence-electron chi connectivity index (χ1n) is 8.47. The molecule has 0 aliphatic rings. The smallest absolute Gasteiger partial charge is 0.325 e. The summed E-state index contributed by atoms with van der Waals surface area (Å²) in [5.41, 5.74) is 3.35. The number of hydrogen-bond acceptors (Lipinski definition) is 4. The van der Waals surface area contributed by atoms with Gasteiger partial charge in [-0.2, -0.15) is 0 Å². The normalized spacial score (nSPS) is 10.6. The van der Waals surface area contributed by atoms with Crippen molar-refractivity contribution in [3.05, 3.63) is 58.9 Å². The maximum Gasteiger partial charge on any atom is 0.325 e.